The minimum absolute atomic E-state index is 0.123. The fourth-order valence-corrected chi connectivity index (χ4v) is 3.04. The summed E-state index contributed by atoms with van der Waals surface area (Å²) in [7, 11) is 0. The molecule has 4 nitrogen and oxygen atoms in total. The molecule has 2 unspecified atom stereocenters. The lowest BCUT2D eigenvalue weighted by Crippen LogP contribution is -2.19. The Kier molecular flexibility index (Phi) is 3.60. The first-order valence-corrected chi connectivity index (χ1v) is 7.25. The Morgan fingerprint density at radius 2 is 1.71 bits per heavy atom. The molecule has 2 aromatic rings. The average molecular weight is 282 g/mol. The molecule has 3 rings (SSSR count). The Morgan fingerprint density at radius 3 is 2.38 bits per heavy atom. The topological polar surface area (TPSA) is 55.2 Å². The molecule has 0 aliphatic heterocycles. The van der Waals surface area contributed by atoms with Crippen LogP contribution in [0.5, 0.6) is 0 Å². The van der Waals surface area contributed by atoms with E-state index in [-0.39, 0.29) is 16.7 Å². The molecular weight excluding hydrogens is 264 g/mol. The maximum Gasteiger partial charge on any atom is 0.269 e. The summed E-state index contributed by atoms with van der Waals surface area (Å²) < 4.78 is 0. The molecule has 0 radical (unpaired) electrons. The molecule has 1 aliphatic carbocycles. The van der Waals surface area contributed by atoms with Crippen LogP contribution in [0.3, 0.4) is 0 Å². The van der Waals surface area contributed by atoms with Crippen molar-refractivity contribution in [1.29, 1.82) is 0 Å². The van der Waals surface area contributed by atoms with Crippen LogP contribution >= 0.6 is 0 Å². The van der Waals surface area contributed by atoms with Gasteiger partial charge in [-0.3, -0.25) is 10.1 Å². The number of non-ortho nitro benzene ring substituents is 1. The minimum Gasteiger partial charge on any atom is -0.378 e. The first-order valence-electron chi connectivity index (χ1n) is 7.25. The maximum atomic E-state index is 10.7. The van der Waals surface area contributed by atoms with E-state index >= 15 is 0 Å². The second kappa shape index (κ2) is 5.56. The number of nitrogens with zero attached hydrogens (tertiary/aromatic N) is 1. The fourth-order valence-electron chi connectivity index (χ4n) is 3.04. The summed E-state index contributed by atoms with van der Waals surface area (Å²) in [6, 6.07) is 15.4. The number of nitro benzene ring substituents is 1. The van der Waals surface area contributed by atoms with Gasteiger partial charge in [-0.15, -0.1) is 0 Å². The van der Waals surface area contributed by atoms with Crippen LogP contribution in [0.15, 0.2) is 48.5 Å². The first kappa shape index (κ1) is 13.6. The van der Waals surface area contributed by atoms with Gasteiger partial charge in [-0.25, -0.2) is 0 Å². The van der Waals surface area contributed by atoms with Crippen LogP contribution in [0.2, 0.25) is 0 Å². The Balaban J connectivity index is 1.82. The van der Waals surface area contributed by atoms with Gasteiger partial charge >= 0.3 is 0 Å². The van der Waals surface area contributed by atoms with Crippen molar-refractivity contribution >= 4 is 11.4 Å². The van der Waals surface area contributed by atoms with Gasteiger partial charge < -0.3 is 5.32 Å². The highest BCUT2D eigenvalue weighted by atomic mass is 16.6. The van der Waals surface area contributed by atoms with Gasteiger partial charge in [0.25, 0.3) is 5.69 Å². The average Bonchev–Trinajstić information content (AvgIpc) is 2.51. The third kappa shape index (κ3) is 2.75. The van der Waals surface area contributed by atoms with E-state index in [1.165, 1.54) is 11.1 Å². The van der Waals surface area contributed by atoms with Gasteiger partial charge in [-0.2, -0.15) is 0 Å². The summed E-state index contributed by atoms with van der Waals surface area (Å²) in [5.74, 6) is 0.594. The van der Waals surface area contributed by atoms with E-state index in [0.29, 0.717) is 5.92 Å². The molecule has 1 N–H and O–H groups in total. The highest BCUT2D eigenvalue weighted by Crippen LogP contribution is 2.38. The summed E-state index contributed by atoms with van der Waals surface area (Å²) in [6.45, 7) is 2.26. The lowest BCUT2D eigenvalue weighted by atomic mass is 9.81. The standard InChI is InChI=1S/C17H18N2O2/c1-12-6-11-17(16-5-3-2-4-15(12)16)18-13-7-9-14(10-8-13)19(20)21/h2-5,7-10,12,17-18H,6,11H2,1H3. The van der Waals surface area contributed by atoms with Crippen LogP contribution in [0.1, 0.15) is 42.9 Å². The lowest BCUT2D eigenvalue weighted by Gasteiger charge is -2.31. The molecule has 2 aromatic carbocycles. The Hall–Kier alpha value is -2.36. The zero-order valence-electron chi connectivity index (χ0n) is 12.0. The molecule has 0 aromatic heterocycles. The lowest BCUT2D eigenvalue weighted by molar-refractivity contribution is -0.384. The molecule has 0 spiro atoms. The Bertz CT molecular complexity index is 652. The summed E-state index contributed by atoms with van der Waals surface area (Å²) in [4.78, 5) is 10.3. The van der Waals surface area contributed by atoms with Crippen LogP contribution in [0, 0.1) is 10.1 Å². The molecule has 108 valence electrons. The van der Waals surface area contributed by atoms with E-state index in [9.17, 15) is 10.1 Å². The number of benzene rings is 2. The number of nitro groups is 1. The number of hydrogen-bond acceptors (Lipinski definition) is 3. The quantitative estimate of drug-likeness (QED) is 0.658. The first-order chi connectivity index (χ1) is 10.1. The van der Waals surface area contributed by atoms with E-state index in [2.05, 4.69) is 36.5 Å². The van der Waals surface area contributed by atoms with Gasteiger partial charge in [-0.1, -0.05) is 31.2 Å². The van der Waals surface area contributed by atoms with Crippen molar-refractivity contribution in [3.63, 3.8) is 0 Å². The monoisotopic (exact) mass is 282 g/mol. The second-order valence-electron chi connectivity index (χ2n) is 5.61. The van der Waals surface area contributed by atoms with Crippen LogP contribution in [-0.2, 0) is 0 Å². The molecule has 0 amide bonds. The van der Waals surface area contributed by atoms with Crippen LogP contribution in [0.25, 0.3) is 0 Å². The predicted molar refractivity (Wildman–Crippen MR) is 83.6 cm³/mol. The summed E-state index contributed by atoms with van der Waals surface area (Å²) in [5.41, 5.74) is 3.80. The molecule has 0 saturated heterocycles. The minimum atomic E-state index is -0.374. The zero-order valence-corrected chi connectivity index (χ0v) is 12.0. The van der Waals surface area contributed by atoms with Gasteiger partial charge in [0.15, 0.2) is 0 Å². The highest BCUT2D eigenvalue weighted by Gasteiger charge is 2.24. The highest BCUT2D eigenvalue weighted by molar-refractivity contribution is 5.51. The van der Waals surface area contributed by atoms with Crippen molar-refractivity contribution in [2.75, 3.05) is 5.32 Å². The van der Waals surface area contributed by atoms with Crippen molar-refractivity contribution in [1.82, 2.24) is 0 Å². The number of fused-ring (bicyclic) bond motifs is 1. The molecule has 0 bridgehead atoms. The predicted octanol–water partition coefficient (Wildman–Crippen LogP) is 4.65. The van der Waals surface area contributed by atoms with Crippen LogP contribution < -0.4 is 5.32 Å². The maximum absolute atomic E-state index is 10.7. The van der Waals surface area contributed by atoms with Crippen molar-refractivity contribution in [2.24, 2.45) is 0 Å². The van der Waals surface area contributed by atoms with Crippen LogP contribution in [-0.4, -0.2) is 4.92 Å². The number of nitrogens with one attached hydrogen (secondary N) is 1. The Morgan fingerprint density at radius 1 is 1.05 bits per heavy atom. The van der Waals surface area contributed by atoms with Gasteiger partial charge in [-0.05, 0) is 42.0 Å². The molecule has 0 saturated carbocycles. The third-order valence-corrected chi connectivity index (χ3v) is 4.21. The molecule has 1 aliphatic rings. The molecule has 2 atom stereocenters. The van der Waals surface area contributed by atoms with E-state index in [4.69, 9.17) is 0 Å². The summed E-state index contributed by atoms with van der Waals surface area (Å²) in [6.07, 6.45) is 2.23. The van der Waals surface area contributed by atoms with Gasteiger partial charge in [0.05, 0.1) is 11.0 Å². The van der Waals surface area contributed by atoms with Gasteiger partial charge in [0, 0.05) is 17.8 Å². The smallest absolute Gasteiger partial charge is 0.269 e. The number of anilines is 1. The summed E-state index contributed by atoms with van der Waals surface area (Å²) in [5, 5.41) is 14.2. The number of rotatable bonds is 3. The van der Waals surface area contributed by atoms with E-state index < -0.39 is 0 Å². The van der Waals surface area contributed by atoms with Crippen molar-refractivity contribution in [3.8, 4) is 0 Å². The molecule has 0 fully saturated rings. The van der Waals surface area contributed by atoms with E-state index in [0.717, 1.165) is 18.5 Å². The fraction of sp³-hybridized carbons (Fsp3) is 0.294. The molecule has 21 heavy (non-hydrogen) atoms. The zero-order chi connectivity index (χ0) is 14.8. The van der Waals surface area contributed by atoms with Crippen molar-refractivity contribution in [3.05, 3.63) is 69.8 Å². The second-order valence-corrected chi connectivity index (χ2v) is 5.61. The SMILES string of the molecule is CC1CCC(Nc2ccc([N+](=O)[O-])cc2)c2ccccc21. The Labute approximate surface area is 124 Å². The van der Waals surface area contributed by atoms with E-state index in [1.54, 1.807) is 24.3 Å². The van der Waals surface area contributed by atoms with E-state index in [1.807, 2.05) is 0 Å². The van der Waals surface area contributed by atoms with Gasteiger partial charge in [0.1, 0.15) is 0 Å². The largest absolute Gasteiger partial charge is 0.378 e. The van der Waals surface area contributed by atoms with Gasteiger partial charge in [0.2, 0.25) is 0 Å². The summed E-state index contributed by atoms with van der Waals surface area (Å²) >= 11 is 0. The molecular formula is C17H18N2O2. The van der Waals surface area contributed by atoms with Crippen molar-refractivity contribution in [2.45, 2.75) is 31.7 Å². The van der Waals surface area contributed by atoms with Crippen LogP contribution in [0.4, 0.5) is 11.4 Å². The third-order valence-electron chi connectivity index (χ3n) is 4.21. The number of hydrogen-bond donors (Lipinski definition) is 1. The normalized spacial score (nSPS) is 20.6. The molecule has 4 heteroatoms. The van der Waals surface area contributed by atoms with Crippen molar-refractivity contribution < 1.29 is 4.92 Å². The molecule has 0 heterocycles.